The van der Waals surface area contributed by atoms with Gasteiger partial charge in [0.25, 0.3) is 0 Å². The number of halogens is 2. The first-order chi connectivity index (χ1) is 11.7. The van der Waals surface area contributed by atoms with E-state index in [1.807, 2.05) is 16.9 Å². The number of amides is 1. The maximum Gasteiger partial charge on any atom is 0.248 e. The third-order valence-corrected chi connectivity index (χ3v) is 5.59. The summed E-state index contributed by atoms with van der Waals surface area (Å²) >= 11 is 0. The van der Waals surface area contributed by atoms with Crippen LogP contribution in [0.5, 0.6) is 0 Å². The van der Waals surface area contributed by atoms with Crippen molar-refractivity contribution in [1.29, 1.82) is 0 Å². The van der Waals surface area contributed by atoms with Gasteiger partial charge in [0.05, 0.1) is 0 Å². The van der Waals surface area contributed by atoms with Gasteiger partial charge in [-0.1, -0.05) is 6.92 Å². The molecule has 2 aliphatic heterocycles. The molecule has 2 saturated heterocycles. The summed E-state index contributed by atoms with van der Waals surface area (Å²) in [5, 5.41) is 11.0. The Kier molecular flexibility index (Phi) is 9.93. The molecule has 0 atom stereocenters. The highest BCUT2D eigenvalue weighted by Crippen LogP contribution is 2.27. The van der Waals surface area contributed by atoms with Crippen LogP contribution in [-0.4, -0.2) is 59.9 Å². The molecule has 2 N–H and O–H groups in total. The second-order valence-electron chi connectivity index (χ2n) is 7.23. The lowest BCUT2D eigenvalue weighted by Crippen LogP contribution is -2.55. The number of aromatic nitrogens is 2. The predicted octanol–water partition coefficient (Wildman–Crippen LogP) is 2.04. The Hall–Kier alpha value is -0.820. The zero-order valence-corrected chi connectivity index (χ0v) is 17.3. The first-order valence-electron chi connectivity index (χ1n) is 9.46. The van der Waals surface area contributed by atoms with E-state index in [-0.39, 0.29) is 30.7 Å². The summed E-state index contributed by atoms with van der Waals surface area (Å²) in [4.78, 5) is 15.6. The van der Waals surface area contributed by atoms with Crippen LogP contribution < -0.4 is 10.6 Å². The van der Waals surface area contributed by atoms with Crippen molar-refractivity contribution < 1.29 is 4.79 Å². The second-order valence-corrected chi connectivity index (χ2v) is 7.23. The first kappa shape index (κ1) is 23.2. The minimum atomic E-state index is -0.516. The summed E-state index contributed by atoms with van der Waals surface area (Å²) in [5.74, 6) is 0.752. The van der Waals surface area contributed by atoms with E-state index in [1.165, 1.54) is 38.9 Å². The molecule has 1 aromatic rings. The lowest BCUT2D eigenvalue weighted by molar-refractivity contribution is -0.132. The molecule has 8 heteroatoms. The summed E-state index contributed by atoms with van der Waals surface area (Å²) in [6.07, 6.45) is 8.90. The number of likely N-dealkylation sites (tertiary alicyclic amines) is 1. The molecule has 0 bridgehead atoms. The fourth-order valence-corrected chi connectivity index (χ4v) is 4.05. The Morgan fingerprint density at radius 2 is 1.96 bits per heavy atom. The van der Waals surface area contributed by atoms with Gasteiger partial charge in [-0.05, 0) is 76.8 Å². The number of rotatable bonds is 6. The van der Waals surface area contributed by atoms with Crippen LogP contribution >= 0.6 is 24.8 Å². The number of hydrogen-bond donors (Lipinski definition) is 2. The van der Waals surface area contributed by atoms with Gasteiger partial charge < -0.3 is 15.5 Å². The number of piperidine rings is 2. The Morgan fingerprint density at radius 3 is 2.54 bits per heavy atom. The molecule has 150 valence electrons. The van der Waals surface area contributed by atoms with Gasteiger partial charge in [-0.2, -0.15) is 5.10 Å². The van der Waals surface area contributed by atoms with Crippen molar-refractivity contribution in [2.24, 2.45) is 5.92 Å². The fourth-order valence-electron chi connectivity index (χ4n) is 4.05. The van der Waals surface area contributed by atoms with Crippen molar-refractivity contribution in [1.82, 2.24) is 25.3 Å². The van der Waals surface area contributed by atoms with E-state index in [0.29, 0.717) is 5.92 Å². The molecule has 2 fully saturated rings. The van der Waals surface area contributed by atoms with Crippen LogP contribution in [0.4, 0.5) is 0 Å². The van der Waals surface area contributed by atoms with Gasteiger partial charge >= 0.3 is 0 Å². The summed E-state index contributed by atoms with van der Waals surface area (Å²) in [6.45, 7) is 8.31. The van der Waals surface area contributed by atoms with Crippen molar-refractivity contribution in [2.75, 3.05) is 39.3 Å². The molecule has 6 nitrogen and oxygen atoms in total. The molecule has 0 radical (unpaired) electrons. The van der Waals surface area contributed by atoms with E-state index >= 15 is 0 Å². The molecule has 1 amide bonds. The number of carbonyl (C=O) groups is 1. The largest absolute Gasteiger partial charge is 0.354 e. The monoisotopic (exact) mass is 405 g/mol. The Bertz CT molecular complexity index is 512. The van der Waals surface area contributed by atoms with Gasteiger partial charge in [0.2, 0.25) is 5.91 Å². The van der Waals surface area contributed by atoms with E-state index in [1.54, 1.807) is 6.20 Å². The number of nitrogens with one attached hydrogen (secondary N) is 2. The summed E-state index contributed by atoms with van der Waals surface area (Å²) in [7, 11) is 0. The fraction of sp³-hybridized carbons (Fsp3) is 0.778. The SMILES string of the molecule is CCCN1CCC(CNC(=O)C2(n3cccn3)CCNCC2)CC1.Cl.Cl. The Morgan fingerprint density at radius 1 is 1.27 bits per heavy atom. The summed E-state index contributed by atoms with van der Waals surface area (Å²) in [6, 6.07) is 1.90. The van der Waals surface area contributed by atoms with Gasteiger partial charge in [-0.3, -0.25) is 9.48 Å². The van der Waals surface area contributed by atoms with Gasteiger partial charge in [-0.15, -0.1) is 24.8 Å². The molecule has 26 heavy (non-hydrogen) atoms. The highest BCUT2D eigenvalue weighted by atomic mass is 35.5. The number of hydrogen-bond acceptors (Lipinski definition) is 4. The quantitative estimate of drug-likeness (QED) is 0.759. The van der Waals surface area contributed by atoms with Gasteiger partial charge in [-0.25, -0.2) is 0 Å². The van der Waals surface area contributed by atoms with E-state index in [0.717, 1.165) is 32.5 Å². The van der Waals surface area contributed by atoms with Crippen LogP contribution in [0.1, 0.15) is 39.0 Å². The molecule has 0 aromatic carbocycles. The molecule has 3 heterocycles. The zero-order valence-electron chi connectivity index (χ0n) is 15.7. The highest BCUT2D eigenvalue weighted by Gasteiger charge is 2.42. The highest BCUT2D eigenvalue weighted by molar-refractivity contribution is 5.85. The van der Waals surface area contributed by atoms with Gasteiger partial charge in [0, 0.05) is 18.9 Å². The summed E-state index contributed by atoms with van der Waals surface area (Å²) < 4.78 is 1.87. The molecular weight excluding hydrogens is 373 g/mol. The van der Waals surface area contributed by atoms with Crippen LogP contribution in [0, 0.1) is 5.92 Å². The van der Waals surface area contributed by atoms with Crippen molar-refractivity contribution in [3.63, 3.8) is 0 Å². The van der Waals surface area contributed by atoms with E-state index in [9.17, 15) is 4.79 Å². The van der Waals surface area contributed by atoms with E-state index < -0.39 is 5.54 Å². The van der Waals surface area contributed by atoms with Crippen LogP contribution in [0.3, 0.4) is 0 Å². The molecule has 0 saturated carbocycles. The standard InChI is InChI=1S/C18H31N5O.2ClH/c1-2-11-22-13-4-16(5-14-22)15-20-17(24)18(6-9-19-10-7-18)23-12-3-8-21-23;;/h3,8,12,16,19H,2,4-7,9-11,13-15H2,1H3,(H,20,24);2*1H. The molecule has 0 unspecified atom stereocenters. The topological polar surface area (TPSA) is 62.2 Å². The molecule has 0 aliphatic carbocycles. The van der Waals surface area contributed by atoms with Gasteiger partial charge in [0.15, 0.2) is 0 Å². The van der Waals surface area contributed by atoms with Crippen molar-refractivity contribution >= 4 is 30.7 Å². The smallest absolute Gasteiger partial charge is 0.248 e. The molecule has 3 rings (SSSR count). The molecular formula is C18H33Cl2N5O. The van der Waals surface area contributed by atoms with Crippen molar-refractivity contribution in [3.8, 4) is 0 Å². The van der Waals surface area contributed by atoms with E-state index in [4.69, 9.17) is 0 Å². The number of nitrogens with zero attached hydrogens (tertiary/aromatic N) is 3. The van der Waals surface area contributed by atoms with Crippen molar-refractivity contribution in [3.05, 3.63) is 18.5 Å². The number of carbonyl (C=O) groups excluding carboxylic acids is 1. The zero-order chi connectivity index (χ0) is 16.8. The first-order valence-corrected chi connectivity index (χ1v) is 9.46. The second kappa shape index (κ2) is 11.1. The predicted molar refractivity (Wildman–Crippen MR) is 109 cm³/mol. The van der Waals surface area contributed by atoms with Crippen molar-refractivity contribution in [2.45, 2.75) is 44.6 Å². The molecule has 0 spiro atoms. The third-order valence-electron chi connectivity index (χ3n) is 5.59. The van der Waals surface area contributed by atoms with Gasteiger partial charge in [0.1, 0.15) is 5.54 Å². The minimum Gasteiger partial charge on any atom is -0.354 e. The third kappa shape index (κ3) is 5.35. The summed E-state index contributed by atoms with van der Waals surface area (Å²) in [5.41, 5.74) is -0.516. The van der Waals surface area contributed by atoms with Crippen LogP contribution in [-0.2, 0) is 10.3 Å². The average Bonchev–Trinajstić information content (AvgIpc) is 3.17. The Labute approximate surface area is 169 Å². The van der Waals surface area contributed by atoms with Crippen LogP contribution in [0.25, 0.3) is 0 Å². The maximum atomic E-state index is 13.0. The normalized spacial score (nSPS) is 20.7. The van der Waals surface area contributed by atoms with Crippen LogP contribution in [0.15, 0.2) is 18.5 Å². The maximum absolute atomic E-state index is 13.0. The van der Waals surface area contributed by atoms with Crippen LogP contribution in [0.2, 0.25) is 0 Å². The average molecular weight is 406 g/mol. The Balaban J connectivity index is 0.00000169. The van der Waals surface area contributed by atoms with E-state index in [2.05, 4.69) is 27.6 Å². The lowest BCUT2D eigenvalue weighted by atomic mass is 9.87. The minimum absolute atomic E-state index is 0. The lowest BCUT2D eigenvalue weighted by Gasteiger charge is -2.37. The molecule has 2 aliphatic rings. The molecule has 1 aromatic heterocycles.